The summed E-state index contributed by atoms with van der Waals surface area (Å²) in [5, 5.41) is 8.63. The predicted octanol–water partition coefficient (Wildman–Crippen LogP) is 1.73. The van der Waals surface area contributed by atoms with Gasteiger partial charge in [0.25, 0.3) is 0 Å². The fraction of sp³-hybridized carbons (Fsp3) is 0.750. The third-order valence-corrected chi connectivity index (χ3v) is 1.92. The maximum absolute atomic E-state index is 8.63. The van der Waals surface area contributed by atoms with Gasteiger partial charge in [0.15, 0.2) is 0 Å². The highest BCUT2D eigenvalue weighted by atomic mass is 16.3. The summed E-state index contributed by atoms with van der Waals surface area (Å²) in [6.07, 6.45) is 6.23. The molecule has 1 nitrogen and oxygen atoms in total. The van der Waals surface area contributed by atoms with Crippen molar-refractivity contribution in [1.82, 2.24) is 0 Å². The molecule has 1 rings (SSSR count). The molecule has 0 amide bonds. The summed E-state index contributed by atoms with van der Waals surface area (Å²) in [7, 11) is 0. The number of hydrogen-bond acceptors (Lipinski definition) is 1. The molecule has 1 N–H and O–H groups in total. The number of allylic oxidation sites excluding steroid dienone is 1. The molecule has 0 bridgehead atoms. The monoisotopic (exact) mass is 126 g/mol. The van der Waals surface area contributed by atoms with Gasteiger partial charge in [-0.15, -0.1) is 0 Å². The quantitative estimate of drug-likeness (QED) is 0.558. The van der Waals surface area contributed by atoms with E-state index in [9.17, 15) is 0 Å². The fourth-order valence-corrected chi connectivity index (χ4v) is 1.06. The van der Waals surface area contributed by atoms with Crippen LogP contribution in [-0.2, 0) is 0 Å². The Balaban J connectivity index is 2.27. The Kier molecular flexibility index (Phi) is 2.29. The Labute approximate surface area is 56.4 Å². The zero-order valence-electron chi connectivity index (χ0n) is 5.93. The van der Waals surface area contributed by atoms with Crippen LogP contribution in [0.1, 0.15) is 26.2 Å². The van der Waals surface area contributed by atoms with Crippen LogP contribution in [0, 0.1) is 5.92 Å². The molecule has 1 aliphatic rings. The lowest BCUT2D eigenvalue weighted by Crippen LogP contribution is -2.08. The number of hydrogen-bond donors (Lipinski definition) is 1. The van der Waals surface area contributed by atoms with Crippen LogP contribution in [0.25, 0.3) is 0 Å². The topological polar surface area (TPSA) is 20.2 Å². The summed E-state index contributed by atoms with van der Waals surface area (Å²) in [6.45, 7) is 2.22. The predicted molar refractivity (Wildman–Crippen MR) is 38.2 cm³/mol. The van der Waals surface area contributed by atoms with Crippen molar-refractivity contribution in [3.63, 3.8) is 0 Å². The summed E-state index contributed by atoms with van der Waals surface area (Å²) in [4.78, 5) is 0. The molecule has 0 aliphatic heterocycles. The van der Waals surface area contributed by atoms with Crippen molar-refractivity contribution in [1.29, 1.82) is 0 Å². The van der Waals surface area contributed by atoms with Crippen molar-refractivity contribution in [2.75, 3.05) is 6.61 Å². The van der Waals surface area contributed by atoms with Crippen LogP contribution in [0.5, 0.6) is 0 Å². The van der Waals surface area contributed by atoms with Gasteiger partial charge in [-0.3, -0.25) is 0 Å². The zero-order valence-corrected chi connectivity index (χ0v) is 5.93. The molecule has 0 aromatic heterocycles. The maximum atomic E-state index is 8.63. The third-order valence-electron chi connectivity index (χ3n) is 1.92. The highest BCUT2D eigenvalue weighted by molar-refractivity contribution is 5.03. The van der Waals surface area contributed by atoms with Crippen molar-refractivity contribution in [2.45, 2.75) is 26.2 Å². The maximum Gasteiger partial charge on any atom is 0.0639 e. The van der Waals surface area contributed by atoms with Crippen molar-refractivity contribution in [3.8, 4) is 0 Å². The standard InChI is InChI=1S/C8H14O/c1-7(6-9)5-8-3-2-4-8/h5,8-9H,2-4,6H2,1H3/b7-5+. The van der Waals surface area contributed by atoms with Crippen LogP contribution in [0.2, 0.25) is 0 Å². The van der Waals surface area contributed by atoms with Crippen LogP contribution >= 0.6 is 0 Å². The molecule has 0 radical (unpaired) electrons. The summed E-state index contributed by atoms with van der Waals surface area (Å²) < 4.78 is 0. The first-order chi connectivity index (χ1) is 4.33. The van der Waals surface area contributed by atoms with E-state index in [0.717, 1.165) is 11.5 Å². The third kappa shape index (κ3) is 1.83. The Hall–Kier alpha value is -0.300. The van der Waals surface area contributed by atoms with E-state index in [2.05, 4.69) is 6.08 Å². The van der Waals surface area contributed by atoms with E-state index in [-0.39, 0.29) is 6.61 Å². The van der Waals surface area contributed by atoms with E-state index >= 15 is 0 Å². The number of aliphatic hydroxyl groups is 1. The Bertz CT molecular complexity index is 112. The normalized spacial score (nSPS) is 21.8. The molecule has 1 fully saturated rings. The largest absolute Gasteiger partial charge is 0.392 e. The van der Waals surface area contributed by atoms with Gasteiger partial charge < -0.3 is 5.11 Å². The molecule has 0 unspecified atom stereocenters. The second-order valence-electron chi connectivity index (χ2n) is 2.86. The van der Waals surface area contributed by atoms with Crippen molar-refractivity contribution >= 4 is 0 Å². The molecule has 1 heteroatoms. The van der Waals surface area contributed by atoms with E-state index in [0.29, 0.717) is 0 Å². The first kappa shape index (κ1) is 6.81. The van der Waals surface area contributed by atoms with Gasteiger partial charge in [-0.2, -0.15) is 0 Å². The minimum absolute atomic E-state index is 0.233. The molecular weight excluding hydrogens is 112 g/mol. The Morgan fingerprint density at radius 2 is 2.33 bits per heavy atom. The van der Waals surface area contributed by atoms with Crippen molar-refractivity contribution in [2.24, 2.45) is 5.92 Å². The lowest BCUT2D eigenvalue weighted by molar-refractivity contribution is 0.324. The number of rotatable bonds is 2. The Morgan fingerprint density at radius 3 is 2.67 bits per heavy atom. The van der Waals surface area contributed by atoms with Gasteiger partial charge in [0.05, 0.1) is 6.61 Å². The van der Waals surface area contributed by atoms with Gasteiger partial charge in [0, 0.05) is 0 Å². The molecule has 0 aromatic carbocycles. The fourth-order valence-electron chi connectivity index (χ4n) is 1.06. The molecule has 0 heterocycles. The van der Waals surface area contributed by atoms with E-state index in [4.69, 9.17) is 5.11 Å². The second-order valence-corrected chi connectivity index (χ2v) is 2.86. The lowest BCUT2D eigenvalue weighted by Gasteiger charge is -2.22. The first-order valence-electron chi connectivity index (χ1n) is 3.61. The van der Waals surface area contributed by atoms with Crippen molar-refractivity contribution in [3.05, 3.63) is 11.6 Å². The Morgan fingerprint density at radius 1 is 1.67 bits per heavy atom. The van der Waals surface area contributed by atoms with Gasteiger partial charge in [-0.25, -0.2) is 0 Å². The molecule has 1 saturated carbocycles. The van der Waals surface area contributed by atoms with Crippen LogP contribution in [0.4, 0.5) is 0 Å². The molecule has 0 spiro atoms. The average Bonchev–Trinajstić information content (AvgIpc) is 1.78. The van der Waals surface area contributed by atoms with E-state index in [1.807, 2.05) is 6.92 Å². The van der Waals surface area contributed by atoms with Gasteiger partial charge in [0.1, 0.15) is 0 Å². The van der Waals surface area contributed by atoms with Crippen LogP contribution < -0.4 is 0 Å². The number of aliphatic hydroxyl groups excluding tert-OH is 1. The molecule has 0 aromatic rings. The van der Waals surface area contributed by atoms with Gasteiger partial charge in [0.2, 0.25) is 0 Å². The molecule has 9 heavy (non-hydrogen) atoms. The molecule has 0 atom stereocenters. The van der Waals surface area contributed by atoms with Crippen LogP contribution in [-0.4, -0.2) is 11.7 Å². The molecule has 52 valence electrons. The zero-order chi connectivity index (χ0) is 6.69. The second kappa shape index (κ2) is 3.02. The molecule has 1 aliphatic carbocycles. The van der Waals surface area contributed by atoms with E-state index < -0.39 is 0 Å². The minimum Gasteiger partial charge on any atom is -0.392 e. The van der Waals surface area contributed by atoms with E-state index in [1.165, 1.54) is 19.3 Å². The van der Waals surface area contributed by atoms with Crippen LogP contribution in [0.15, 0.2) is 11.6 Å². The summed E-state index contributed by atoms with van der Waals surface area (Å²) in [5.41, 5.74) is 1.12. The average molecular weight is 126 g/mol. The van der Waals surface area contributed by atoms with Gasteiger partial charge in [-0.1, -0.05) is 18.1 Å². The summed E-state index contributed by atoms with van der Waals surface area (Å²) in [6, 6.07) is 0. The van der Waals surface area contributed by atoms with Crippen molar-refractivity contribution < 1.29 is 5.11 Å². The minimum atomic E-state index is 0.233. The summed E-state index contributed by atoms with van der Waals surface area (Å²) in [5.74, 6) is 0.789. The van der Waals surface area contributed by atoms with E-state index in [1.54, 1.807) is 0 Å². The first-order valence-corrected chi connectivity index (χ1v) is 3.61. The SMILES string of the molecule is C/C(=C\C1CCC1)CO. The highest BCUT2D eigenvalue weighted by Crippen LogP contribution is 2.28. The van der Waals surface area contributed by atoms with Gasteiger partial charge >= 0.3 is 0 Å². The van der Waals surface area contributed by atoms with Gasteiger partial charge in [-0.05, 0) is 25.7 Å². The van der Waals surface area contributed by atoms with Crippen LogP contribution in [0.3, 0.4) is 0 Å². The smallest absolute Gasteiger partial charge is 0.0639 e. The summed E-state index contributed by atoms with van der Waals surface area (Å²) >= 11 is 0. The lowest BCUT2D eigenvalue weighted by atomic mass is 9.84. The molecular formula is C8H14O. The highest BCUT2D eigenvalue weighted by Gasteiger charge is 2.13. The molecule has 0 saturated heterocycles.